The minimum atomic E-state index is -4.35. The number of hydrogen-bond acceptors (Lipinski definition) is 9. The van der Waals surface area contributed by atoms with Crippen LogP contribution in [0.15, 0.2) is 73.1 Å². The Hall–Kier alpha value is -6.11. The molecular formula is C45H43F3N8O6S. The maximum Gasteiger partial charge on any atom is 0.301 e. The summed E-state index contributed by atoms with van der Waals surface area (Å²) in [5.74, 6) is -4.45. The van der Waals surface area contributed by atoms with Gasteiger partial charge in [0.2, 0.25) is 17.6 Å². The lowest BCUT2D eigenvalue weighted by Gasteiger charge is -2.48. The number of imide groups is 1. The number of aromatic nitrogens is 2. The molecule has 5 aliphatic rings. The Morgan fingerprint density at radius 2 is 1.76 bits per heavy atom. The number of amides is 3. The Morgan fingerprint density at radius 1 is 0.952 bits per heavy atom. The van der Waals surface area contributed by atoms with Crippen molar-refractivity contribution in [3.8, 4) is 11.1 Å². The number of likely N-dealkylation sites (tertiary alicyclic amines) is 1. The SMILES string of the molecule is O=C1CCC(N2Cc3cc(N4CCC5(CN(CCc6ccc(-c7cnc8[nH]cc(C(=O)c9c(F)ccc(NS(=O)(=O)N%10CC[C@@H](F)C%10)c9F)c8c7)cc6)C5)C4)ccc3C2=O)C(=O)N1. The Bertz CT molecular complexity index is 2830. The molecule has 5 aliphatic heterocycles. The number of benzene rings is 3. The molecular weight excluding hydrogens is 838 g/mol. The van der Waals surface area contributed by atoms with Gasteiger partial charge < -0.3 is 19.7 Å². The zero-order valence-corrected chi connectivity index (χ0v) is 34.8. The fourth-order valence-corrected chi connectivity index (χ4v) is 11.1. The van der Waals surface area contributed by atoms with Crippen LogP contribution in [0.25, 0.3) is 22.2 Å². The number of alkyl halides is 1. The molecule has 4 fully saturated rings. The van der Waals surface area contributed by atoms with Crippen LogP contribution in [0.5, 0.6) is 0 Å². The van der Waals surface area contributed by atoms with Crippen molar-refractivity contribution < 1.29 is 40.8 Å². The molecule has 3 N–H and O–H groups in total. The lowest BCUT2D eigenvalue weighted by atomic mass is 9.79. The highest BCUT2D eigenvalue weighted by molar-refractivity contribution is 7.90. The lowest BCUT2D eigenvalue weighted by molar-refractivity contribution is -0.136. The van der Waals surface area contributed by atoms with E-state index >= 15 is 8.78 Å². The zero-order valence-electron chi connectivity index (χ0n) is 34.0. The van der Waals surface area contributed by atoms with E-state index in [0.717, 1.165) is 84.4 Å². The molecule has 18 heteroatoms. The van der Waals surface area contributed by atoms with Gasteiger partial charge in [0.25, 0.3) is 5.91 Å². The molecule has 63 heavy (non-hydrogen) atoms. The number of fused-ring (bicyclic) bond motifs is 2. The van der Waals surface area contributed by atoms with Crippen molar-refractivity contribution in [1.29, 1.82) is 0 Å². The number of carbonyl (C=O) groups is 4. The molecule has 10 rings (SSSR count). The van der Waals surface area contributed by atoms with Gasteiger partial charge in [0.05, 0.1) is 11.3 Å². The molecule has 2 aromatic heterocycles. The first-order valence-electron chi connectivity index (χ1n) is 21.0. The van der Waals surface area contributed by atoms with Gasteiger partial charge in [-0.1, -0.05) is 24.3 Å². The number of rotatable bonds is 11. The number of nitrogens with one attached hydrogen (secondary N) is 3. The van der Waals surface area contributed by atoms with Gasteiger partial charge in [0.1, 0.15) is 23.7 Å². The van der Waals surface area contributed by atoms with Crippen LogP contribution in [0.2, 0.25) is 0 Å². The summed E-state index contributed by atoms with van der Waals surface area (Å²) in [5, 5.41) is 2.69. The number of H-pyrrole nitrogens is 1. The first kappa shape index (κ1) is 40.9. The molecule has 1 unspecified atom stereocenters. The van der Waals surface area contributed by atoms with Crippen LogP contribution in [0.1, 0.15) is 63.1 Å². The number of carbonyl (C=O) groups excluding carboxylic acids is 4. The maximum atomic E-state index is 15.7. The summed E-state index contributed by atoms with van der Waals surface area (Å²) in [6.45, 7) is 4.59. The Morgan fingerprint density at radius 3 is 2.52 bits per heavy atom. The number of aromatic amines is 1. The van der Waals surface area contributed by atoms with E-state index in [1.807, 2.05) is 41.1 Å². The quantitative estimate of drug-likeness (QED) is 0.123. The third-order valence-corrected chi connectivity index (χ3v) is 14.7. The fourth-order valence-electron chi connectivity index (χ4n) is 9.82. The van der Waals surface area contributed by atoms with Crippen molar-refractivity contribution >= 4 is 56.1 Å². The van der Waals surface area contributed by atoms with Crippen molar-refractivity contribution in [3.63, 3.8) is 0 Å². The van der Waals surface area contributed by atoms with E-state index in [2.05, 4.69) is 31.2 Å². The molecule has 0 saturated carbocycles. The molecule has 326 valence electrons. The standard InChI is InChI=1S/C45H43F3N8O6S/c46-30-12-15-55(22-30)63(61,62)52-36-8-7-35(47)39(40(36)48)41(58)34-20-50-42-33(34)18-28(19-49-42)27-3-1-26(2-4-27)11-14-53-23-45(24-53)13-16-54(25-45)31-5-6-32-29(17-31)21-56(44(32)60)37-9-10-38(57)51-43(37)59/h1-8,17-20,30,37,52H,9-16,21-25H2,(H,49,50)(H,51,57,59)/t30-,37?/m1/s1. The van der Waals surface area contributed by atoms with Crippen LogP contribution >= 0.6 is 0 Å². The van der Waals surface area contributed by atoms with Gasteiger partial charge in [-0.15, -0.1) is 0 Å². The van der Waals surface area contributed by atoms with Crippen LogP contribution in [0.4, 0.5) is 24.5 Å². The maximum absolute atomic E-state index is 15.7. The first-order valence-corrected chi connectivity index (χ1v) is 22.4. The minimum Gasteiger partial charge on any atom is -0.371 e. The van der Waals surface area contributed by atoms with Gasteiger partial charge >= 0.3 is 10.2 Å². The van der Waals surface area contributed by atoms with Crippen molar-refractivity contribution in [2.45, 2.75) is 50.9 Å². The number of nitrogens with zero attached hydrogens (tertiary/aromatic N) is 5. The van der Waals surface area contributed by atoms with Gasteiger partial charge in [-0.05, 0) is 78.8 Å². The molecule has 0 aliphatic carbocycles. The molecule has 0 radical (unpaired) electrons. The highest BCUT2D eigenvalue weighted by atomic mass is 32.2. The highest BCUT2D eigenvalue weighted by Crippen LogP contribution is 2.42. The van der Waals surface area contributed by atoms with E-state index in [0.29, 0.717) is 35.1 Å². The number of halogens is 3. The smallest absolute Gasteiger partial charge is 0.301 e. The van der Waals surface area contributed by atoms with E-state index in [1.54, 1.807) is 17.2 Å². The summed E-state index contributed by atoms with van der Waals surface area (Å²) < 4.78 is 73.0. The van der Waals surface area contributed by atoms with E-state index in [1.165, 1.54) is 6.20 Å². The predicted octanol–water partition coefficient (Wildman–Crippen LogP) is 4.96. The summed E-state index contributed by atoms with van der Waals surface area (Å²) in [5.41, 5.74) is 4.15. The van der Waals surface area contributed by atoms with Crippen LogP contribution < -0.4 is 14.9 Å². The molecule has 0 bridgehead atoms. The predicted molar refractivity (Wildman–Crippen MR) is 227 cm³/mol. The zero-order chi connectivity index (χ0) is 43.8. The number of piperidine rings is 1. The monoisotopic (exact) mass is 880 g/mol. The lowest BCUT2D eigenvalue weighted by Crippen LogP contribution is -2.57. The molecule has 1 spiro atoms. The molecule has 7 heterocycles. The van der Waals surface area contributed by atoms with E-state index in [4.69, 9.17) is 0 Å². The topological polar surface area (TPSA) is 168 Å². The molecule has 14 nitrogen and oxygen atoms in total. The Labute approximate surface area is 360 Å². The Balaban J connectivity index is 0.752. The third-order valence-electron chi connectivity index (χ3n) is 13.2. The van der Waals surface area contributed by atoms with Crippen molar-refractivity contribution in [1.82, 2.24) is 29.4 Å². The third kappa shape index (κ3) is 7.52. The fraction of sp³-hybridized carbons (Fsp3) is 0.356. The van der Waals surface area contributed by atoms with Crippen molar-refractivity contribution in [2.24, 2.45) is 5.41 Å². The van der Waals surface area contributed by atoms with Crippen molar-refractivity contribution in [3.05, 3.63) is 113 Å². The normalized spacial score (nSPS) is 21.3. The molecule has 4 saturated heterocycles. The van der Waals surface area contributed by atoms with Gasteiger partial charge in [-0.2, -0.15) is 12.7 Å². The number of hydrogen-bond donors (Lipinski definition) is 3. The van der Waals surface area contributed by atoms with Crippen LogP contribution in [0.3, 0.4) is 0 Å². The van der Waals surface area contributed by atoms with E-state index < -0.39 is 57.0 Å². The minimum absolute atomic E-state index is 0.00245. The second-order valence-corrected chi connectivity index (χ2v) is 19.0. The van der Waals surface area contributed by atoms with Crippen LogP contribution in [-0.2, 0) is 32.8 Å². The molecule has 2 atom stereocenters. The van der Waals surface area contributed by atoms with Gasteiger partial charge in [0.15, 0.2) is 5.82 Å². The molecule has 5 aromatic rings. The molecule has 3 amide bonds. The average molecular weight is 881 g/mol. The summed E-state index contributed by atoms with van der Waals surface area (Å²) in [7, 11) is -4.35. The first-order chi connectivity index (χ1) is 30.2. The second-order valence-electron chi connectivity index (χ2n) is 17.4. The number of pyridine rings is 1. The van der Waals surface area contributed by atoms with Crippen LogP contribution in [-0.4, -0.2) is 114 Å². The summed E-state index contributed by atoms with van der Waals surface area (Å²) in [4.78, 5) is 64.8. The highest BCUT2D eigenvalue weighted by Gasteiger charge is 2.48. The summed E-state index contributed by atoms with van der Waals surface area (Å²) in [6, 6.07) is 16.7. The van der Waals surface area contributed by atoms with Crippen molar-refractivity contribution in [2.75, 3.05) is 55.4 Å². The Kier molecular flexibility index (Phi) is 10.1. The average Bonchev–Trinajstić information content (AvgIpc) is 4.06. The molecule has 3 aromatic carbocycles. The van der Waals surface area contributed by atoms with E-state index in [9.17, 15) is 32.0 Å². The summed E-state index contributed by atoms with van der Waals surface area (Å²) >= 11 is 0. The van der Waals surface area contributed by atoms with Gasteiger partial charge in [-0.3, -0.25) is 29.2 Å². The van der Waals surface area contributed by atoms with Gasteiger partial charge in [-0.25, -0.2) is 18.2 Å². The van der Waals surface area contributed by atoms with Crippen LogP contribution in [0, 0.1) is 17.0 Å². The van der Waals surface area contributed by atoms with E-state index in [-0.39, 0.29) is 48.7 Å². The number of anilines is 2. The second kappa shape index (κ2) is 15.6. The largest absolute Gasteiger partial charge is 0.371 e. The summed E-state index contributed by atoms with van der Waals surface area (Å²) in [6.07, 6.45) is 4.08. The number of ketones is 1. The van der Waals surface area contributed by atoms with Gasteiger partial charge in [0, 0.05) is 104 Å².